The molecule has 0 bridgehead atoms. The van der Waals surface area contributed by atoms with Gasteiger partial charge in [0.1, 0.15) is 0 Å². The molecule has 106 valence electrons. The van der Waals surface area contributed by atoms with Crippen LogP contribution in [0.1, 0.15) is 45.4 Å². The Balaban J connectivity index is 2.03. The molecule has 0 atom stereocenters. The summed E-state index contributed by atoms with van der Waals surface area (Å²) in [6.07, 6.45) is 6.17. The molecule has 0 spiro atoms. The maximum atomic E-state index is 11.9. The van der Waals surface area contributed by atoms with Crippen LogP contribution in [0.5, 0.6) is 0 Å². The van der Waals surface area contributed by atoms with E-state index < -0.39 is 0 Å². The second kappa shape index (κ2) is 9.34. The number of amides is 1. The van der Waals surface area contributed by atoms with Gasteiger partial charge in [-0.3, -0.25) is 4.79 Å². The van der Waals surface area contributed by atoms with E-state index in [2.05, 4.69) is 12.2 Å². The van der Waals surface area contributed by atoms with Crippen molar-refractivity contribution in [1.29, 1.82) is 0 Å². The molecule has 0 aromatic heterocycles. The Morgan fingerprint density at radius 2 is 2.00 bits per heavy atom. The molecule has 1 rings (SSSR count). The average Bonchev–Trinajstić information content (AvgIpc) is 2.42. The van der Waals surface area contributed by atoms with Crippen molar-refractivity contribution in [2.24, 2.45) is 17.6 Å². The van der Waals surface area contributed by atoms with Crippen molar-refractivity contribution in [3.63, 3.8) is 0 Å². The highest BCUT2D eigenvalue weighted by atomic mass is 16.5. The number of carbonyl (C=O) groups excluding carboxylic acids is 1. The predicted molar refractivity (Wildman–Crippen MR) is 73.2 cm³/mol. The van der Waals surface area contributed by atoms with Crippen LogP contribution in [0.2, 0.25) is 0 Å². The molecular weight excluding hydrogens is 228 g/mol. The third-order valence-electron chi connectivity index (χ3n) is 3.66. The molecule has 0 heterocycles. The van der Waals surface area contributed by atoms with Crippen molar-refractivity contribution >= 4 is 5.91 Å². The first-order valence-corrected chi connectivity index (χ1v) is 7.33. The number of hydrogen-bond donors (Lipinski definition) is 2. The van der Waals surface area contributed by atoms with E-state index in [0.29, 0.717) is 5.92 Å². The fourth-order valence-corrected chi connectivity index (χ4v) is 2.44. The Bertz CT molecular complexity index is 226. The van der Waals surface area contributed by atoms with E-state index in [1.807, 2.05) is 0 Å². The van der Waals surface area contributed by atoms with Gasteiger partial charge in [-0.2, -0.15) is 0 Å². The van der Waals surface area contributed by atoms with Crippen LogP contribution in [0.4, 0.5) is 0 Å². The van der Waals surface area contributed by atoms with E-state index in [1.54, 1.807) is 0 Å². The number of ether oxygens (including phenoxy) is 1. The van der Waals surface area contributed by atoms with Crippen LogP contribution >= 0.6 is 0 Å². The molecule has 0 aromatic carbocycles. The first kappa shape index (κ1) is 15.4. The van der Waals surface area contributed by atoms with Crippen LogP contribution in [0.15, 0.2) is 0 Å². The highest BCUT2D eigenvalue weighted by Crippen LogP contribution is 2.27. The lowest BCUT2D eigenvalue weighted by molar-refractivity contribution is -0.126. The quantitative estimate of drug-likeness (QED) is 0.649. The van der Waals surface area contributed by atoms with Gasteiger partial charge in [-0.25, -0.2) is 0 Å². The lowest BCUT2D eigenvalue weighted by atomic mass is 9.81. The lowest BCUT2D eigenvalue weighted by Crippen LogP contribution is -2.35. The normalized spacial score (nSPS) is 23.9. The average molecular weight is 256 g/mol. The summed E-state index contributed by atoms with van der Waals surface area (Å²) in [4.78, 5) is 11.9. The van der Waals surface area contributed by atoms with E-state index in [1.165, 1.54) is 0 Å². The van der Waals surface area contributed by atoms with Gasteiger partial charge in [-0.1, -0.05) is 6.92 Å². The Kier molecular flexibility index (Phi) is 8.01. The zero-order valence-corrected chi connectivity index (χ0v) is 11.6. The zero-order chi connectivity index (χ0) is 13.2. The van der Waals surface area contributed by atoms with Crippen LogP contribution in [0.3, 0.4) is 0 Å². The Morgan fingerprint density at radius 3 is 2.61 bits per heavy atom. The van der Waals surface area contributed by atoms with Crippen LogP contribution in [-0.4, -0.2) is 32.2 Å². The first-order chi connectivity index (χ1) is 8.77. The van der Waals surface area contributed by atoms with Crippen molar-refractivity contribution in [2.75, 3.05) is 26.3 Å². The monoisotopic (exact) mass is 256 g/mol. The number of carbonyl (C=O) groups is 1. The molecule has 18 heavy (non-hydrogen) atoms. The summed E-state index contributed by atoms with van der Waals surface area (Å²) in [6.45, 7) is 5.16. The van der Waals surface area contributed by atoms with Gasteiger partial charge in [0.15, 0.2) is 0 Å². The number of nitrogens with one attached hydrogen (secondary N) is 1. The second-order valence-electron chi connectivity index (χ2n) is 5.21. The molecular formula is C14H28N2O2. The summed E-state index contributed by atoms with van der Waals surface area (Å²) in [6, 6.07) is 0. The fourth-order valence-electron chi connectivity index (χ4n) is 2.44. The maximum absolute atomic E-state index is 11.9. The number of hydrogen-bond acceptors (Lipinski definition) is 3. The molecule has 1 fully saturated rings. The van der Waals surface area contributed by atoms with Gasteiger partial charge in [0.2, 0.25) is 5.91 Å². The smallest absolute Gasteiger partial charge is 0.223 e. The van der Waals surface area contributed by atoms with Crippen LogP contribution in [0, 0.1) is 11.8 Å². The van der Waals surface area contributed by atoms with Crippen molar-refractivity contribution in [3.05, 3.63) is 0 Å². The van der Waals surface area contributed by atoms with Crippen LogP contribution < -0.4 is 11.1 Å². The van der Waals surface area contributed by atoms with Gasteiger partial charge >= 0.3 is 0 Å². The SMILES string of the molecule is CCCOCCCNC(=O)C1CCC(CN)CC1. The van der Waals surface area contributed by atoms with E-state index in [4.69, 9.17) is 10.5 Å². The molecule has 1 saturated carbocycles. The minimum absolute atomic E-state index is 0.212. The Hall–Kier alpha value is -0.610. The van der Waals surface area contributed by atoms with Gasteiger partial charge in [0.25, 0.3) is 0 Å². The molecule has 0 unspecified atom stereocenters. The summed E-state index contributed by atoms with van der Waals surface area (Å²) in [5.41, 5.74) is 5.65. The Morgan fingerprint density at radius 1 is 1.28 bits per heavy atom. The van der Waals surface area contributed by atoms with Crippen molar-refractivity contribution in [2.45, 2.75) is 45.4 Å². The van der Waals surface area contributed by atoms with Crippen LogP contribution in [0.25, 0.3) is 0 Å². The third-order valence-corrected chi connectivity index (χ3v) is 3.66. The van der Waals surface area contributed by atoms with Crippen LogP contribution in [-0.2, 0) is 9.53 Å². The van der Waals surface area contributed by atoms with Gasteiger partial charge in [0.05, 0.1) is 0 Å². The molecule has 4 nitrogen and oxygen atoms in total. The largest absolute Gasteiger partial charge is 0.381 e. The van der Waals surface area contributed by atoms with Gasteiger partial charge in [-0.15, -0.1) is 0 Å². The fraction of sp³-hybridized carbons (Fsp3) is 0.929. The molecule has 1 aliphatic rings. The molecule has 0 radical (unpaired) electrons. The molecule has 4 heteroatoms. The lowest BCUT2D eigenvalue weighted by Gasteiger charge is -2.26. The topological polar surface area (TPSA) is 64.3 Å². The number of rotatable bonds is 8. The summed E-state index contributed by atoms with van der Waals surface area (Å²) >= 11 is 0. The minimum atomic E-state index is 0.212. The third kappa shape index (κ3) is 5.83. The van der Waals surface area contributed by atoms with E-state index in [9.17, 15) is 4.79 Å². The molecule has 0 aliphatic heterocycles. The summed E-state index contributed by atoms with van der Waals surface area (Å²) < 4.78 is 5.37. The van der Waals surface area contributed by atoms with Crippen molar-refractivity contribution < 1.29 is 9.53 Å². The van der Waals surface area contributed by atoms with Gasteiger partial charge < -0.3 is 15.8 Å². The highest BCUT2D eigenvalue weighted by molar-refractivity contribution is 5.78. The summed E-state index contributed by atoms with van der Waals surface area (Å²) in [7, 11) is 0. The second-order valence-corrected chi connectivity index (χ2v) is 5.21. The van der Waals surface area contributed by atoms with E-state index >= 15 is 0 Å². The molecule has 3 N–H and O–H groups in total. The van der Waals surface area contributed by atoms with Crippen molar-refractivity contribution in [3.8, 4) is 0 Å². The number of nitrogens with two attached hydrogens (primary N) is 1. The molecule has 1 amide bonds. The zero-order valence-electron chi connectivity index (χ0n) is 11.6. The minimum Gasteiger partial charge on any atom is -0.381 e. The first-order valence-electron chi connectivity index (χ1n) is 7.33. The summed E-state index contributed by atoms with van der Waals surface area (Å²) in [5.74, 6) is 1.07. The van der Waals surface area contributed by atoms with Gasteiger partial charge in [-0.05, 0) is 51.0 Å². The maximum Gasteiger partial charge on any atom is 0.223 e. The van der Waals surface area contributed by atoms with E-state index in [-0.39, 0.29) is 11.8 Å². The molecule has 1 aliphatic carbocycles. The molecule has 0 aromatic rings. The predicted octanol–water partition coefficient (Wildman–Crippen LogP) is 1.68. The van der Waals surface area contributed by atoms with E-state index in [0.717, 1.165) is 64.8 Å². The van der Waals surface area contributed by atoms with Crippen molar-refractivity contribution in [1.82, 2.24) is 5.32 Å². The van der Waals surface area contributed by atoms with Gasteiger partial charge in [0, 0.05) is 25.7 Å². The highest BCUT2D eigenvalue weighted by Gasteiger charge is 2.25. The Labute approximate surface area is 111 Å². The summed E-state index contributed by atoms with van der Waals surface area (Å²) in [5, 5.41) is 3.01. The molecule has 0 saturated heterocycles. The standard InChI is InChI=1S/C14H28N2O2/c1-2-9-18-10-3-8-16-14(17)13-6-4-12(11-15)5-7-13/h12-13H,2-11,15H2,1H3,(H,16,17).